The van der Waals surface area contributed by atoms with Gasteiger partial charge >= 0.3 is 5.69 Å². The maximum absolute atomic E-state index is 13.7. The molecule has 0 saturated carbocycles. The highest BCUT2D eigenvalue weighted by Crippen LogP contribution is 2.25. The number of ether oxygens (including phenoxy) is 2. The zero-order chi connectivity index (χ0) is 19.1. The molecule has 0 aliphatic carbocycles. The third kappa shape index (κ3) is 4.76. The quantitative estimate of drug-likeness (QED) is 0.464. The van der Waals surface area contributed by atoms with Gasteiger partial charge in [0.25, 0.3) is 5.91 Å². The number of hydrogen-bond acceptors (Lipinski definition) is 6. The second-order valence-electron chi connectivity index (χ2n) is 5.10. The van der Waals surface area contributed by atoms with Crippen molar-refractivity contribution in [2.24, 2.45) is 5.10 Å². The third-order valence-corrected chi connectivity index (χ3v) is 3.34. The number of benzene rings is 2. The lowest BCUT2D eigenvalue weighted by Crippen LogP contribution is -2.25. The van der Waals surface area contributed by atoms with Gasteiger partial charge in [-0.15, -0.1) is 0 Å². The molecule has 2 rings (SSSR count). The number of hydrazone groups is 1. The molecule has 1 amide bonds. The minimum absolute atomic E-state index is 0.0226. The maximum Gasteiger partial charge on any atom is 0.310 e. The number of halogens is 1. The average Bonchev–Trinajstić information content (AvgIpc) is 2.64. The summed E-state index contributed by atoms with van der Waals surface area (Å²) in [7, 11) is 1.36. The predicted octanol–water partition coefficient (Wildman–Crippen LogP) is 2.66. The van der Waals surface area contributed by atoms with Crippen molar-refractivity contribution in [1.29, 1.82) is 0 Å². The van der Waals surface area contributed by atoms with E-state index in [2.05, 4.69) is 10.5 Å². The third-order valence-electron chi connectivity index (χ3n) is 3.34. The molecule has 0 heterocycles. The summed E-state index contributed by atoms with van der Waals surface area (Å²) in [6.07, 6.45) is 0. The van der Waals surface area contributed by atoms with Crippen LogP contribution in [0.2, 0.25) is 0 Å². The lowest BCUT2D eigenvalue weighted by Gasteiger charge is -2.07. The summed E-state index contributed by atoms with van der Waals surface area (Å²) in [5.74, 6) is -1.09. The number of carbonyl (C=O) groups is 1. The minimum Gasteiger partial charge on any atom is -0.494 e. The first-order valence-electron chi connectivity index (χ1n) is 7.45. The van der Waals surface area contributed by atoms with Crippen molar-refractivity contribution in [1.82, 2.24) is 5.43 Å². The van der Waals surface area contributed by atoms with Crippen molar-refractivity contribution >= 4 is 17.3 Å². The Bertz CT molecular complexity index is 854. The lowest BCUT2D eigenvalue weighted by atomic mass is 10.1. The highest BCUT2D eigenvalue weighted by atomic mass is 19.1. The van der Waals surface area contributed by atoms with Gasteiger partial charge in [-0.05, 0) is 31.2 Å². The molecular formula is C17H16FN3O5. The number of nitro benzene ring substituents is 1. The molecule has 2 aromatic carbocycles. The van der Waals surface area contributed by atoms with E-state index in [1.54, 1.807) is 19.1 Å². The summed E-state index contributed by atoms with van der Waals surface area (Å²) in [6.45, 7) is 1.13. The second kappa shape index (κ2) is 8.56. The van der Waals surface area contributed by atoms with Crippen molar-refractivity contribution < 1.29 is 23.6 Å². The van der Waals surface area contributed by atoms with Crippen LogP contribution >= 0.6 is 0 Å². The molecule has 0 spiro atoms. The fourth-order valence-electron chi connectivity index (χ4n) is 2.01. The Morgan fingerprint density at radius 1 is 1.27 bits per heavy atom. The molecule has 136 valence electrons. The van der Waals surface area contributed by atoms with E-state index < -0.39 is 23.3 Å². The Labute approximate surface area is 148 Å². The molecule has 0 aliphatic heterocycles. The smallest absolute Gasteiger partial charge is 0.310 e. The topological polar surface area (TPSA) is 103 Å². The van der Waals surface area contributed by atoms with E-state index in [0.717, 1.165) is 0 Å². The molecule has 26 heavy (non-hydrogen) atoms. The molecule has 0 unspecified atom stereocenters. The van der Waals surface area contributed by atoms with Gasteiger partial charge in [0, 0.05) is 11.6 Å². The Balaban J connectivity index is 1.97. The number of carbonyl (C=O) groups excluding carboxylic acids is 1. The zero-order valence-corrected chi connectivity index (χ0v) is 14.1. The summed E-state index contributed by atoms with van der Waals surface area (Å²) in [6, 6.07) is 9.98. The Morgan fingerprint density at radius 2 is 2.00 bits per heavy atom. The van der Waals surface area contributed by atoms with E-state index in [4.69, 9.17) is 9.47 Å². The Morgan fingerprint density at radius 3 is 2.65 bits per heavy atom. The molecule has 8 nitrogen and oxygen atoms in total. The van der Waals surface area contributed by atoms with Gasteiger partial charge in [0.2, 0.25) is 0 Å². The van der Waals surface area contributed by atoms with Crippen LogP contribution in [-0.4, -0.2) is 30.3 Å². The molecule has 0 radical (unpaired) electrons. The van der Waals surface area contributed by atoms with E-state index in [9.17, 15) is 19.3 Å². The number of methoxy groups -OCH3 is 1. The highest BCUT2D eigenvalue weighted by Gasteiger charge is 2.14. The van der Waals surface area contributed by atoms with Crippen LogP contribution in [0.1, 0.15) is 12.5 Å². The molecule has 2 aromatic rings. The largest absolute Gasteiger partial charge is 0.494 e. The summed E-state index contributed by atoms with van der Waals surface area (Å²) >= 11 is 0. The standard InChI is InChI=1S/C17H16FN3O5/c1-11(12-7-8-15(25-2)13(18)9-12)19-20-17(22)10-26-16-6-4-3-5-14(16)21(23)24/h3-9H,10H2,1-2H3,(H,20,22)/b19-11-. The fourth-order valence-corrected chi connectivity index (χ4v) is 2.01. The number of rotatable bonds is 7. The first-order valence-corrected chi connectivity index (χ1v) is 7.45. The van der Waals surface area contributed by atoms with Gasteiger partial charge in [-0.3, -0.25) is 14.9 Å². The number of nitrogens with zero attached hydrogens (tertiary/aromatic N) is 2. The van der Waals surface area contributed by atoms with Crippen LogP contribution in [-0.2, 0) is 4.79 Å². The van der Waals surface area contributed by atoms with Gasteiger partial charge in [0.05, 0.1) is 17.7 Å². The number of para-hydroxylation sites is 2. The van der Waals surface area contributed by atoms with Gasteiger partial charge < -0.3 is 9.47 Å². The van der Waals surface area contributed by atoms with E-state index >= 15 is 0 Å². The van der Waals surface area contributed by atoms with E-state index in [0.29, 0.717) is 11.3 Å². The normalized spacial score (nSPS) is 11.0. The van der Waals surface area contributed by atoms with Crippen LogP contribution in [0.4, 0.5) is 10.1 Å². The van der Waals surface area contributed by atoms with Crippen LogP contribution in [0.25, 0.3) is 0 Å². The first kappa shape index (κ1) is 18.8. The van der Waals surface area contributed by atoms with Crippen molar-refractivity contribution in [3.8, 4) is 11.5 Å². The molecule has 0 aromatic heterocycles. The first-order chi connectivity index (χ1) is 12.4. The molecule has 9 heteroatoms. The highest BCUT2D eigenvalue weighted by molar-refractivity contribution is 5.99. The van der Waals surface area contributed by atoms with Crippen molar-refractivity contribution in [2.45, 2.75) is 6.92 Å². The summed E-state index contributed by atoms with van der Waals surface area (Å²) in [4.78, 5) is 22.1. The van der Waals surface area contributed by atoms with Gasteiger partial charge in [-0.2, -0.15) is 5.10 Å². The van der Waals surface area contributed by atoms with Crippen molar-refractivity contribution in [2.75, 3.05) is 13.7 Å². The Hall–Kier alpha value is -3.49. The summed E-state index contributed by atoms with van der Waals surface area (Å²) < 4.78 is 23.7. The minimum atomic E-state index is -0.614. The monoisotopic (exact) mass is 361 g/mol. The van der Waals surface area contributed by atoms with Crippen LogP contribution in [0, 0.1) is 15.9 Å². The van der Waals surface area contributed by atoms with E-state index in [-0.39, 0.29) is 17.2 Å². The molecule has 0 saturated heterocycles. The molecule has 0 bridgehead atoms. The SMILES string of the molecule is COc1ccc(/C(C)=N\NC(=O)COc2ccccc2[N+](=O)[O-])cc1F. The van der Waals surface area contributed by atoms with Crippen LogP contribution in [0.5, 0.6) is 11.5 Å². The molecule has 0 aliphatic rings. The number of hydrogen-bond donors (Lipinski definition) is 1. The lowest BCUT2D eigenvalue weighted by molar-refractivity contribution is -0.385. The summed E-state index contributed by atoms with van der Waals surface area (Å²) in [5.41, 5.74) is 2.83. The van der Waals surface area contributed by atoms with Gasteiger partial charge in [0.1, 0.15) is 0 Å². The van der Waals surface area contributed by atoms with Crippen LogP contribution in [0.15, 0.2) is 47.6 Å². The molecule has 0 atom stereocenters. The van der Waals surface area contributed by atoms with Gasteiger partial charge in [-0.1, -0.05) is 12.1 Å². The van der Waals surface area contributed by atoms with E-state index in [1.807, 2.05) is 0 Å². The van der Waals surface area contributed by atoms with Crippen LogP contribution < -0.4 is 14.9 Å². The van der Waals surface area contributed by atoms with E-state index in [1.165, 1.54) is 37.4 Å². The number of amides is 1. The zero-order valence-electron chi connectivity index (χ0n) is 14.1. The van der Waals surface area contributed by atoms with Gasteiger partial charge in [-0.25, -0.2) is 9.82 Å². The van der Waals surface area contributed by atoms with Crippen LogP contribution in [0.3, 0.4) is 0 Å². The average molecular weight is 361 g/mol. The summed E-state index contributed by atoms with van der Waals surface area (Å²) in [5, 5.41) is 14.7. The molecule has 1 N–H and O–H groups in total. The molecular weight excluding hydrogens is 345 g/mol. The van der Waals surface area contributed by atoms with Crippen molar-refractivity contribution in [3.63, 3.8) is 0 Å². The fraction of sp³-hybridized carbons (Fsp3) is 0.176. The van der Waals surface area contributed by atoms with Gasteiger partial charge in [0.15, 0.2) is 23.9 Å². The predicted molar refractivity (Wildman–Crippen MR) is 91.9 cm³/mol. The number of nitro groups is 1. The number of nitrogens with one attached hydrogen (secondary N) is 1. The maximum atomic E-state index is 13.7. The second-order valence-corrected chi connectivity index (χ2v) is 5.10. The molecule has 0 fully saturated rings. The Kier molecular flexibility index (Phi) is 6.20. The van der Waals surface area contributed by atoms with Crippen molar-refractivity contribution in [3.05, 3.63) is 64.0 Å².